The van der Waals surface area contributed by atoms with Crippen molar-refractivity contribution in [1.82, 2.24) is 0 Å². The predicted molar refractivity (Wildman–Crippen MR) is 181 cm³/mol. The van der Waals surface area contributed by atoms with E-state index in [1.165, 1.54) is 0 Å². The van der Waals surface area contributed by atoms with Crippen LogP contribution in [0.25, 0.3) is 0 Å². The second-order valence-electron chi connectivity index (χ2n) is 10.3. The first-order valence-electron chi connectivity index (χ1n) is 13.7. The number of hydrogen-bond donors (Lipinski definition) is 0. The lowest BCUT2D eigenvalue weighted by molar-refractivity contribution is 0.606. The third-order valence-electron chi connectivity index (χ3n) is 8.13. The normalized spacial score (nSPS) is 17.9. The van der Waals surface area contributed by atoms with Crippen LogP contribution in [0.15, 0.2) is 109 Å². The molecular weight excluding hydrogens is 622 g/mol. The summed E-state index contributed by atoms with van der Waals surface area (Å²) in [6.07, 6.45) is 0. The first-order chi connectivity index (χ1) is 21.5. The predicted octanol–water partition coefficient (Wildman–Crippen LogP) is 9.71. The molecule has 4 heteroatoms. The van der Waals surface area contributed by atoms with Crippen molar-refractivity contribution in [3.8, 4) is 47.4 Å². The van der Waals surface area contributed by atoms with Gasteiger partial charge in [-0.25, -0.2) is 0 Å². The highest BCUT2D eigenvalue weighted by Crippen LogP contribution is 2.61. The van der Waals surface area contributed by atoms with Gasteiger partial charge in [0.05, 0.1) is 20.1 Å². The molecule has 0 N–H and O–H groups in total. The molecule has 0 aromatic heterocycles. The zero-order valence-corrected chi connectivity index (χ0v) is 25.9. The zero-order valence-electron chi connectivity index (χ0n) is 22.9. The third kappa shape index (κ3) is 4.24. The van der Waals surface area contributed by atoms with Crippen LogP contribution in [-0.4, -0.2) is 0 Å². The van der Waals surface area contributed by atoms with Gasteiger partial charge in [-0.15, -0.1) is 0 Å². The molecule has 0 nitrogen and oxygen atoms in total. The summed E-state index contributed by atoms with van der Waals surface area (Å²) >= 11 is 25.2. The summed E-state index contributed by atoms with van der Waals surface area (Å²) in [6.45, 7) is 0. The summed E-state index contributed by atoms with van der Waals surface area (Å²) in [5.41, 5.74) is 6.23. The molecule has 0 saturated carbocycles. The largest absolute Gasteiger partial charge is 0.108 e. The van der Waals surface area contributed by atoms with Crippen molar-refractivity contribution in [2.45, 2.75) is 10.8 Å². The van der Waals surface area contributed by atoms with Gasteiger partial charge in [-0.3, -0.25) is 0 Å². The van der Waals surface area contributed by atoms with Gasteiger partial charge in [0, 0.05) is 11.1 Å². The topological polar surface area (TPSA) is 0 Å². The van der Waals surface area contributed by atoms with Crippen molar-refractivity contribution in [1.29, 1.82) is 0 Å². The maximum Gasteiger partial charge on any atom is 0.108 e. The highest BCUT2D eigenvalue weighted by molar-refractivity contribution is 6.43. The van der Waals surface area contributed by atoms with Gasteiger partial charge in [-0.05, 0) is 81.3 Å². The van der Waals surface area contributed by atoms with Crippen molar-refractivity contribution < 1.29 is 0 Å². The number of halogens is 4. The maximum atomic E-state index is 6.38. The first-order valence-corrected chi connectivity index (χ1v) is 15.2. The Kier molecular flexibility index (Phi) is 7.20. The lowest BCUT2D eigenvalue weighted by atomic mass is 9.47. The lowest BCUT2D eigenvalue weighted by Gasteiger charge is -2.52. The van der Waals surface area contributed by atoms with Gasteiger partial charge in [-0.2, -0.15) is 0 Å². The molecule has 5 aromatic carbocycles. The zero-order chi connectivity index (χ0) is 30.3. The first kappa shape index (κ1) is 28.3. The fourth-order valence-corrected chi connectivity index (χ4v) is 7.03. The van der Waals surface area contributed by atoms with E-state index >= 15 is 0 Å². The summed E-state index contributed by atoms with van der Waals surface area (Å²) in [4.78, 5) is 0. The van der Waals surface area contributed by atoms with E-state index in [9.17, 15) is 0 Å². The summed E-state index contributed by atoms with van der Waals surface area (Å²) in [5.74, 6) is 25.9. The molecule has 44 heavy (non-hydrogen) atoms. The summed E-state index contributed by atoms with van der Waals surface area (Å²) < 4.78 is 0. The average Bonchev–Trinajstić information content (AvgIpc) is 3.06. The van der Waals surface area contributed by atoms with E-state index in [0.717, 1.165) is 33.4 Å². The monoisotopic (exact) mass is 638 g/mol. The van der Waals surface area contributed by atoms with Crippen LogP contribution in [0, 0.1) is 47.4 Å². The molecular formula is C40H18Cl4. The van der Waals surface area contributed by atoms with E-state index in [1.807, 2.05) is 60.7 Å². The van der Waals surface area contributed by atoms with Gasteiger partial charge in [0.15, 0.2) is 0 Å². The second-order valence-corrected chi connectivity index (χ2v) is 11.9. The van der Waals surface area contributed by atoms with E-state index in [2.05, 4.69) is 83.8 Å². The molecule has 3 aliphatic carbocycles. The molecule has 0 heterocycles. The Hall–Kier alpha value is -4.50. The van der Waals surface area contributed by atoms with Gasteiger partial charge in [0.25, 0.3) is 0 Å². The van der Waals surface area contributed by atoms with Gasteiger partial charge in [0.1, 0.15) is 10.8 Å². The Balaban J connectivity index is 1.46. The Labute approximate surface area is 277 Å². The molecule has 3 aliphatic rings. The second kappa shape index (κ2) is 11.2. The molecule has 0 unspecified atom stereocenters. The molecule has 0 spiro atoms. The summed E-state index contributed by atoms with van der Waals surface area (Å²) in [5, 5.41) is 1.75. The SMILES string of the molecule is Clc1cccc(C#CC#CC23c4ccccc4C(C#CC#Cc4cccc(Cl)c4Cl)(c4ccccc42)c2ccccc23)c1Cl. The average molecular weight is 640 g/mol. The van der Waals surface area contributed by atoms with E-state index in [-0.39, 0.29) is 0 Å². The van der Waals surface area contributed by atoms with E-state index < -0.39 is 10.8 Å². The van der Waals surface area contributed by atoms with Crippen molar-refractivity contribution in [3.63, 3.8) is 0 Å². The third-order valence-corrected chi connectivity index (χ3v) is 9.77. The van der Waals surface area contributed by atoms with Crippen LogP contribution in [0.2, 0.25) is 20.1 Å². The van der Waals surface area contributed by atoms with Crippen molar-refractivity contribution in [2.75, 3.05) is 0 Å². The summed E-state index contributed by atoms with van der Waals surface area (Å²) in [7, 11) is 0. The lowest BCUT2D eigenvalue weighted by Crippen LogP contribution is -2.49. The van der Waals surface area contributed by atoms with E-state index in [1.54, 1.807) is 12.1 Å². The van der Waals surface area contributed by atoms with Crippen LogP contribution in [0.4, 0.5) is 0 Å². The maximum absolute atomic E-state index is 6.38. The Bertz CT molecular complexity index is 1990. The quantitative estimate of drug-likeness (QED) is 0.148. The molecule has 2 bridgehead atoms. The van der Waals surface area contributed by atoms with Crippen LogP contribution in [0.1, 0.15) is 44.5 Å². The number of hydrogen-bond acceptors (Lipinski definition) is 0. The smallest absolute Gasteiger partial charge is 0.0827 e. The standard InChI is InChI=1S/C40H18Cl4/c41-35-23-11-15-27(37(35)43)13-7-9-25-39-29-17-1-2-18-30(29)40(33-21-5-3-19-31(33)39,34-22-6-4-20-32(34)39)26-10-8-14-28-16-12-24-36(42)38(28)44/h1-6,11-12,15-24H. The molecule has 0 atom stereocenters. The van der Waals surface area contributed by atoms with Gasteiger partial charge < -0.3 is 0 Å². The molecule has 0 aliphatic heterocycles. The van der Waals surface area contributed by atoms with Crippen molar-refractivity contribution in [3.05, 3.63) is 174 Å². The fourth-order valence-electron chi connectivity index (χ4n) is 6.33. The van der Waals surface area contributed by atoms with Crippen molar-refractivity contribution >= 4 is 46.4 Å². The molecule has 0 radical (unpaired) electrons. The minimum atomic E-state index is -0.750. The Morgan fingerprint density at radius 2 is 0.682 bits per heavy atom. The minimum Gasteiger partial charge on any atom is -0.0827 e. The summed E-state index contributed by atoms with van der Waals surface area (Å²) in [6, 6.07) is 35.9. The van der Waals surface area contributed by atoms with E-state index in [4.69, 9.17) is 46.4 Å². The fraction of sp³-hybridized carbons (Fsp3) is 0.0500. The Morgan fingerprint density at radius 3 is 1.00 bits per heavy atom. The molecule has 0 amide bonds. The Morgan fingerprint density at radius 1 is 0.364 bits per heavy atom. The van der Waals surface area contributed by atoms with Gasteiger partial charge in [-0.1, -0.05) is 155 Å². The van der Waals surface area contributed by atoms with Crippen LogP contribution >= 0.6 is 46.4 Å². The van der Waals surface area contributed by atoms with Gasteiger partial charge in [0.2, 0.25) is 0 Å². The number of benzene rings is 5. The highest BCUT2D eigenvalue weighted by Gasteiger charge is 2.57. The van der Waals surface area contributed by atoms with E-state index in [0.29, 0.717) is 31.2 Å². The minimum absolute atomic E-state index is 0.419. The number of rotatable bonds is 0. The van der Waals surface area contributed by atoms with Gasteiger partial charge >= 0.3 is 0 Å². The molecule has 5 aromatic rings. The molecule has 206 valence electrons. The van der Waals surface area contributed by atoms with Crippen LogP contribution in [-0.2, 0) is 10.8 Å². The molecule has 8 rings (SSSR count). The van der Waals surface area contributed by atoms with Crippen LogP contribution in [0.3, 0.4) is 0 Å². The van der Waals surface area contributed by atoms with Crippen molar-refractivity contribution in [2.24, 2.45) is 0 Å². The highest BCUT2D eigenvalue weighted by atomic mass is 35.5. The van der Waals surface area contributed by atoms with Crippen LogP contribution in [0.5, 0.6) is 0 Å². The molecule has 0 fully saturated rings. The molecule has 0 saturated heterocycles. The van der Waals surface area contributed by atoms with Crippen LogP contribution < -0.4 is 0 Å².